The van der Waals surface area contributed by atoms with Crippen molar-refractivity contribution in [2.75, 3.05) is 6.61 Å². The van der Waals surface area contributed by atoms with Crippen LogP contribution in [0.25, 0.3) is 0 Å². The van der Waals surface area contributed by atoms with Crippen LogP contribution in [0.15, 0.2) is 16.5 Å². The summed E-state index contributed by atoms with van der Waals surface area (Å²) in [5.74, 6) is -3.43. The zero-order chi connectivity index (χ0) is 10.8. The molecule has 88 valence electrons. The molecular formula is C8H12ClF2NO3. The van der Waals surface area contributed by atoms with Gasteiger partial charge in [-0.3, -0.25) is 0 Å². The molecule has 0 saturated heterocycles. The Kier molecular flexibility index (Phi) is 5.16. The lowest BCUT2D eigenvalue weighted by Crippen LogP contribution is -2.35. The van der Waals surface area contributed by atoms with E-state index in [1.165, 1.54) is 12.1 Å². The van der Waals surface area contributed by atoms with Crippen LogP contribution in [0.3, 0.4) is 0 Å². The van der Waals surface area contributed by atoms with Crippen molar-refractivity contribution < 1.29 is 23.4 Å². The van der Waals surface area contributed by atoms with Crippen LogP contribution in [0.2, 0.25) is 0 Å². The third-order valence-corrected chi connectivity index (χ3v) is 1.81. The second-order valence-electron chi connectivity index (χ2n) is 2.86. The number of furan rings is 1. The smallest absolute Gasteiger partial charge is 0.292 e. The molecule has 0 spiro atoms. The molecule has 0 unspecified atom stereocenters. The van der Waals surface area contributed by atoms with Gasteiger partial charge in [-0.1, -0.05) is 0 Å². The molecule has 0 aliphatic carbocycles. The van der Waals surface area contributed by atoms with Crippen LogP contribution >= 0.6 is 12.4 Å². The van der Waals surface area contributed by atoms with E-state index in [0.29, 0.717) is 0 Å². The van der Waals surface area contributed by atoms with E-state index in [0.717, 1.165) is 0 Å². The quantitative estimate of drug-likeness (QED) is 0.732. The zero-order valence-electron chi connectivity index (χ0n) is 7.69. The molecule has 1 aromatic rings. The normalized spacial score (nSPS) is 13.4. The standard InChI is InChI=1S/C8H11F2NO3.ClH/c9-8(10,4-13)7(11)6-2-1-5(3-12)14-6;/h1-2,7,12-13H,3-4,11H2;1H/t7-;/m1./s1. The molecule has 1 heterocycles. The third-order valence-electron chi connectivity index (χ3n) is 1.81. The Hall–Kier alpha value is -0.690. The first kappa shape index (κ1) is 14.3. The van der Waals surface area contributed by atoms with Crippen LogP contribution in [0.4, 0.5) is 8.78 Å². The van der Waals surface area contributed by atoms with E-state index < -0.39 is 18.6 Å². The fraction of sp³-hybridized carbons (Fsp3) is 0.500. The summed E-state index contributed by atoms with van der Waals surface area (Å²) in [5.41, 5.74) is 5.17. The average Bonchev–Trinajstić information content (AvgIpc) is 2.64. The van der Waals surface area contributed by atoms with Gasteiger partial charge in [0.1, 0.15) is 30.8 Å². The van der Waals surface area contributed by atoms with E-state index in [9.17, 15) is 8.78 Å². The van der Waals surface area contributed by atoms with Crippen molar-refractivity contribution in [3.05, 3.63) is 23.7 Å². The second-order valence-corrected chi connectivity index (χ2v) is 2.86. The lowest BCUT2D eigenvalue weighted by Gasteiger charge is -2.18. The highest BCUT2D eigenvalue weighted by Crippen LogP contribution is 2.29. The topological polar surface area (TPSA) is 79.6 Å². The summed E-state index contributed by atoms with van der Waals surface area (Å²) in [6.07, 6.45) is 0. The second kappa shape index (κ2) is 5.41. The van der Waals surface area contributed by atoms with Crippen molar-refractivity contribution >= 4 is 12.4 Å². The molecule has 1 aromatic heterocycles. The molecule has 0 amide bonds. The fourth-order valence-corrected chi connectivity index (χ4v) is 0.953. The predicted octanol–water partition coefficient (Wildman–Crippen LogP) is 0.821. The van der Waals surface area contributed by atoms with E-state index in [2.05, 4.69) is 0 Å². The van der Waals surface area contributed by atoms with Crippen molar-refractivity contribution in [1.82, 2.24) is 0 Å². The van der Waals surface area contributed by atoms with Crippen LogP contribution in [0, 0.1) is 0 Å². The molecule has 0 radical (unpaired) electrons. The van der Waals surface area contributed by atoms with Gasteiger partial charge in [0.15, 0.2) is 0 Å². The van der Waals surface area contributed by atoms with E-state index in [-0.39, 0.29) is 30.5 Å². The molecule has 0 aliphatic rings. The van der Waals surface area contributed by atoms with E-state index in [1.54, 1.807) is 0 Å². The molecule has 0 aliphatic heterocycles. The molecule has 1 rings (SSSR count). The summed E-state index contributed by atoms with van der Waals surface area (Å²) in [4.78, 5) is 0. The van der Waals surface area contributed by atoms with Gasteiger partial charge in [-0.25, -0.2) is 8.78 Å². The monoisotopic (exact) mass is 243 g/mol. The Balaban J connectivity index is 0.00000196. The van der Waals surface area contributed by atoms with Gasteiger partial charge in [-0.05, 0) is 12.1 Å². The van der Waals surface area contributed by atoms with Gasteiger partial charge in [0, 0.05) is 0 Å². The highest BCUT2D eigenvalue weighted by Gasteiger charge is 2.39. The van der Waals surface area contributed by atoms with Gasteiger partial charge in [-0.2, -0.15) is 0 Å². The van der Waals surface area contributed by atoms with Crippen LogP contribution in [0.1, 0.15) is 17.6 Å². The van der Waals surface area contributed by atoms with Crippen molar-refractivity contribution in [3.63, 3.8) is 0 Å². The minimum Gasteiger partial charge on any atom is -0.462 e. The molecule has 0 aromatic carbocycles. The molecule has 0 fully saturated rings. The molecule has 4 nitrogen and oxygen atoms in total. The molecule has 0 saturated carbocycles. The summed E-state index contributed by atoms with van der Waals surface area (Å²) >= 11 is 0. The van der Waals surface area contributed by atoms with Gasteiger partial charge in [0.05, 0.1) is 0 Å². The van der Waals surface area contributed by atoms with E-state index in [1.807, 2.05) is 0 Å². The highest BCUT2D eigenvalue weighted by atomic mass is 35.5. The molecule has 1 atom stereocenters. The third kappa shape index (κ3) is 3.13. The summed E-state index contributed by atoms with van der Waals surface area (Å²) in [6, 6.07) is 0.899. The number of halogens is 3. The van der Waals surface area contributed by atoms with Crippen molar-refractivity contribution in [2.24, 2.45) is 5.73 Å². The van der Waals surface area contributed by atoms with E-state index >= 15 is 0 Å². The molecule has 4 N–H and O–H groups in total. The largest absolute Gasteiger partial charge is 0.462 e. The Labute approximate surface area is 91.1 Å². The van der Waals surface area contributed by atoms with Crippen LogP contribution < -0.4 is 5.73 Å². The number of rotatable bonds is 4. The fourth-order valence-electron chi connectivity index (χ4n) is 0.953. The minimum absolute atomic E-state index is 0. The Morgan fingerprint density at radius 3 is 2.40 bits per heavy atom. The maximum Gasteiger partial charge on any atom is 0.292 e. The number of alkyl halides is 2. The number of nitrogens with two attached hydrogens (primary N) is 1. The summed E-state index contributed by atoms with van der Waals surface area (Å²) in [6.45, 7) is -1.72. The average molecular weight is 244 g/mol. The Morgan fingerprint density at radius 1 is 1.40 bits per heavy atom. The van der Waals surface area contributed by atoms with Gasteiger partial charge in [0.2, 0.25) is 0 Å². The number of aliphatic hydroxyl groups excluding tert-OH is 2. The Bertz CT molecular complexity index is 306. The van der Waals surface area contributed by atoms with Gasteiger partial charge in [0.25, 0.3) is 5.92 Å². The molecular weight excluding hydrogens is 232 g/mol. The van der Waals surface area contributed by atoms with Gasteiger partial charge >= 0.3 is 0 Å². The highest BCUT2D eigenvalue weighted by molar-refractivity contribution is 5.85. The number of hydrogen-bond donors (Lipinski definition) is 3. The maximum absolute atomic E-state index is 12.8. The van der Waals surface area contributed by atoms with Gasteiger partial charge < -0.3 is 20.4 Å². The first-order valence-corrected chi connectivity index (χ1v) is 3.95. The molecule has 7 heteroatoms. The predicted molar refractivity (Wildman–Crippen MR) is 50.8 cm³/mol. The summed E-state index contributed by atoms with van der Waals surface area (Å²) in [7, 11) is 0. The lowest BCUT2D eigenvalue weighted by molar-refractivity contribution is -0.0757. The Morgan fingerprint density at radius 2 is 2.00 bits per heavy atom. The van der Waals surface area contributed by atoms with Crippen molar-refractivity contribution in [3.8, 4) is 0 Å². The summed E-state index contributed by atoms with van der Waals surface area (Å²) < 4.78 is 30.5. The van der Waals surface area contributed by atoms with E-state index in [4.69, 9.17) is 20.4 Å². The first-order chi connectivity index (χ1) is 6.51. The summed E-state index contributed by atoms with van der Waals surface area (Å²) in [5, 5.41) is 17.0. The van der Waals surface area contributed by atoms with Gasteiger partial charge in [-0.15, -0.1) is 12.4 Å². The number of aliphatic hydroxyl groups is 2. The molecule has 0 bridgehead atoms. The number of hydrogen-bond acceptors (Lipinski definition) is 4. The van der Waals surface area contributed by atoms with Crippen molar-refractivity contribution in [2.45, 2.75) is 18.6 Å². The molecule has 15 heavy (non-hydrogen) atoms. The minimum atomic E-state index is -3.43. The van der Waals surface area contributed by atoms with Crippen LogP contribution in [-0.4, -0.2) is 22.7 Å². The zero-order valence-corrected chi connectivity index (χ0v) is 8.51. The SMILES string of the molecule is Cl.N[C@H](c1ccc(CO)o1)C(F)(F)CO. The lowest BCUT2D eigenvalue weighted by atomic mass is 10.1. The van der Waals surface area contributed by atoms with Crippen LogP contribution in [0.5, 0.6) is 0 Å². The van der Waals surface area contributed by atoms with Crippen molar-refractivity contribution in [1.29, 1.82) is 0 Å². The van der Waals surface area contributed by atoms with Crippen LogP contribution in [-0.2, 0) is 6.61 Å². The maximum atomic E-state index is 12.8. The first-order valence-electron chi connectivity index (χ1n) is 3.95.